The number of fused-ring (bicyclic) bond motifs is 7. The van der Waals surface area contributed by atoms with E-state index >= 15 is 0 Å². The van der Waals surface area contributed by atoms with Gasteiger partial charge in [-0.2, -0.15) is 0 Å². The summed E-state index contributed by atoms with van der Waals surface area (Å²) in [5.41, 5.74) is 12.4. The Morgan fingerprint density at radius 1 is 1.19 bits per heavy atom. The first-order valence-corrected chi connectivity index (χ1v) is 12.0. The van der Waals surface area contributed by atoms with Gasteiger partial charge in [0.15, 0.2) is 5.78 Å². The van der Waals surface area contributed by atoms with Crippen molar-refractivity contribution in [2.24, 2.45) is 11.1 Å². The largest absolute Gasteiger partial charge is 0.378 e. The van der Waals surface area contributed by atoms with Gasteiger partial charge in [0, 0.05) is 54.0 Å². The maximum absolute atomic E-state index is 13.2. The molecule has 0 spiro atoms. The molecule has 4 N–H and O–H groups in total. The number of nitrogens with two attached hydrogens (primary N) is 1. The van der Waals surface area contributed by atoms with E-state index in [-0.39, 0.29) is 11.2 Å². The summed E-state index contributed by atoms with van der Waals surface area (Å²) in [5.74, 6) is -0.153. The molecule has 2 aliphatic heterocycles. The molecule has 1 amide bonds. The lowest BCUT2D eigenvalue weighted by atomic mass is 9.75. The number of amides is 1. The SMILES string of the molecule is Cc1c2c(n3c1CCC[NH+]1CCC[C@@H]1CNc1cc-3ccc1C(N)=O)CC(C)(C)CC2=O. The second-order valence-electron chi connectivity index (χ2n) is 10.7. The van der Waals surface area contributed by atoms with Gasteiger partial charge in [0.1, 0.15) is 6.04 Å². The van der Waals surface area contributed by atoms with Crippen molar-refractivity contribution in [1.29, 1.82) is 0 Å². The van der Waals surface area contributed by atoms with E-state index in [0.717, 1.165) is 60.5 Å². The van der Waals surface area contributed by atoms with E-state index in [2.05, 4.69) is 36.7 Å². The number of carbonyl (C=O) groups is 2. The number of anilines is 1. The average Bonchev–Trinajstić information content (AvgIpc) is 3.26. The third-order valence-electron chi connectivity index (χ3n) is 7.81. The number of rotatable bonds is 1. The molecule has 1 aromatic heterocycles. The van der Waals surface area contributed by atoms with Crippen LogP contribution >= 0.6 is 0 Å². The number of nitrogens with one attached hydrogen (secondary N) is 2. The van der Waals surface area contributed by atoms with Crippen LogP contribution in [0.2, 0.25) is 0 Å². The van der Waals surface area contributed by atoms with Crippen molar-refractivity contribution < 1.29 is 14.5 Å². The lowest BCUT2D eigenvalue weighted by Gasteiger charge is -2.30. The van der Waals surface area contributed by atoms with Gasteiger partial charge in [0.25, 0.3) is 5.91 Å². The Balaban J connectivity index is 1.70. The Hall–Kier alpha value is -2.60. The summed E-state index contributed by atoms with van der Waals surface area (Å²) in [6.07, 6.45) is 5.99. The molecule has 170 valence electrons. The van der Waals surface area contributed by atoms with Gasteiger partial charge in [-0.05, 0) is 48.9 Å². The zero-order chi connectivity index (χ0) is 22.6. The van der Waals surface area contributed by atoms with E-state index < -0.39 is 5.91 Å². The van der Waals surface area contributed by atoms with E-state index in [1.165, 1.54) is 25.1 Å². The standard InChI is InChI=1S/C26H34N4O2/c1-16-21-7-5-11-29-10-4-6-18(29)15-28-20-12-17(8-9-19(20)25(27)32)30(21)22-13-26(2,3)14-23(31)24(16)22/h8-9,12,18,28H,4-7,10-11,13-15H2,1-3H3,(H2,27,32)/p+1/t18-/m1/s1. The van der Waals surface area contributed by atoms with Gasteiger partial charge in [0.05, 0.1) is 25.2 Å². The first-order chi connectivity index (χ1) is 15.2. The zero-order valence-electron chi connectivity index (χ0n) is 19.5. The van der Waals surface area contributed by atoms with Crippen molar-refractivity contribution in [3.05, 3.63) is 46.3 Å². The number of ketones is 1. The number of hydrogen-bond donors (Lipinski definition) is 3. The van der Waals surface area contributed by atoms with Crippen LogP contribution in [0.25, 0.3) is 5.69 Å². The van der Waals surface area contributed by atoms with E-state index in [4.69, 9.17) is 5.73 Å². The Morgan fingerprint density at radius 2 is 1.97 bits per heavy atom. The predicted octanol–water partition coefficient (Wildman–Crippen LogP) is 2.45. The highest BCUT2D eigenvalue weighted by Gasteiger charge is 2.37. The van der Waals surface area contributed by atoms with Crippen LogP contribution in [-0.4, -0.2) is 41.9 Å². The number of Topliss-reactive ketones (excluding diaryl/α,β-unsaturated/α-hetero) is 1. The van der Waals surface area contributed by atoms with Crippen LogP contribution in [0, 0.1) is 12.3 Å². The molecule has 0 radical (unpaired) electrons. The second kappa shape index (κ2) is 7.77. The molecule has 0 saturated carbocycles. The molecular formula is C26H35N4O2+. The van der Waals surface area contributed by atoms with Crippen LogP contribution in [-0.2, 0) is 12.8 Å². The molecule has 6 nitrogen and oxygen atoms in total. The van der Waals surface area contributed by atoms with Crippen molar-refractivity contribution in [2.45, 2.75) is 65.3 Å². The van der Waals surface area contributed by atoms with Crippen molar-refractivity contribution in [1.82, 2.24) is 4.57 Å². The molecule has 2 atom stereocenters. The molecule has 1 fully saturated rings. The highest BCUT2D eigenvalue weighted by molar-refractivity contribution is 6.01. The van der Waals surface area contributed by atoms with Crippen LogP contribution in [0.15, 0.2) is 18.2 Å². The minimum atomic E-state index is -0.413. The van der Waals surface area contributed by atoms with E-state index in [1.807, 2.05) is 12.1 Å². The minimum Gasteiger partial charge on any atom is -0.378 e. The highest BCUT2D eigenvalue weighted by Crippen LogP contribution is 2.40. The first kappa shape index (κ1) is 21.3. The number of hydrogen-bond acceptors (Lipinski definition) is 3. The quantitative estimate of drug-likeness (QED) is 0.644. The molecule has 1 saturated heterocycles. The van der Waals surface area contributed by atoms with E-state index in [1.54, 1.807) is 4.90 Å². The van der Waals surface area contributed by atoms with Gasteiger partial charge < -0.3 is 20.5 Å². The number of carbonyl (C=O) groups excluding carboxylic acids is 2. The molecule has 2 aromatic rings. The molecule has 2 bridgehead atoms. The number of quaternary nitrogens is 1. The fourth-order valence-electron chi connectivity index (χ4n) is 6.30. The van der Waals surface area contributed by atoms with Crippen LogP contribution < -0.4 is 16.0 Å². The summed E-state index contributed by atoms with van der Waals surface area (Å²) in [6.45, 7) is 9.67. The molecule has 3 aliphatic rings. The summed E-state index contributed by atoms with van der Waals surface area (Å²) >= 11 is 0. The highest BCUT2D eigenvalue weighted by atomic mass is 16.1. The van der Waals surface area contributed by atoms with Crippen LogP contribution in [0.4, 0.5) is 5.69 Å². The van der Waals surface area contributed by atoms with Crippen LogP contribution in [0.5, 0.6) is 0 Å². The zero-order valence-corrected chi connectivity index (χ0v) is 19.5. The molecule has 3 heterocycles. The maximum atomic E-state index is 13.2. The van der Waals surface area contributed by atoms with Gasteiger partial charge in [-0.3, -0.25) is 9.59 Å². The number of nitrogens with zero attached hydrogens (tertiary/aromatic N) is 1. The van der Waals surface area contributed by atoms with Crippen molar-refractivity contribution in [3.63, 3.8) is 0 Å². The third kappa shape index (κ3) is 3.54. The lowest BCUT2D eigenvalue weighted by Crippen LogP contribution is -3.14. The molecule has 1 unspecified atom stereocenters. The molecular weight excluding hydrogens is 400 g/mol. The van der Waals surface area contributed by atoms with Crippen molar-refractivity contribution in [3.8, 4) is 5.69 Å². The third-order valence-corrected chi connectivity index (χ3v) is 7.81. The average molecular weight is 436 g/mol. The Bertz CT molecular complexity index is 1100. The molecule has 6 heteroatoms. The van der Waals surface area contributed by atoms with Gasteiger partial charge >= 0.3 is 0 Å². The number of benzene rings is 1. The van der Waals surface area contributed by atoms with Crippen LogP contribution in [0.1, 0.15) is 77.2 Å². The maximum Gasteiger partial charge on any atom is 0.250 e. The van der Waals surface area contributed by atoms with Gasteiger partial charge in [0.2, 0.25) is 0 Å². The molecule has 32 heavy (non-hydrogen) atoms. The summed E-state index contributed by atoms with van der Waals surface area (Å²) in [6, 6.07) is 6.44. The van der Waals surface area contributed by atoms with E-state index in [9.17, 15) is 9.59 Å². The topological polar surface area (TPSA) is 81.6 Å². The monoisotopic (exact) mass is 435 g/mol. The molecule has 1 aromatic carbocycles. The predicted molar refractivity (Wildman–Crippen MR) is 126 cm³/mol. The fraction of sp³-hybridized carbons (Fsp3) is 0.538. The molecule has 5 rings (SSSR count). The van der Waals surface area contributed by atoms with Crippen molar-refractivity contribution in [2.75, 3.05) is 25.0 Å². The molecule has 1 aliphatic carbocycles. The fourth-order valence-corrected chi connectivity index (χ4v) is 6.30. The van der Waals surface area contributed by atoms with Gasteiger partial charge in [-0.25, -0.2) is 0 Å². The summed E-state index contributed by atoms with van der Waals surface area (Å²) in [5, 5.41) is 3.56. The summed E-state index contributed by atoms with van der Waals surface area (Å²) in [7, 11) is 0. The number of aromatic nitrogens is 1. The van der Waals surface area contributed by atoms with E-state index in [0.29, 0.717) is 18.0 Å². The second-order valence-corrected chi connectivity index (χ2v) is 10.7. The van der Waals surface area contributed by atoms with Gasteiger partial charge in [-0.15, -0.1) is 0 Å². The minimum absolute atomic E-state index is 0.0590. The Labute approximate surface area is 190 Å². The number of primary amides is 1. The Kier molecular flexibility index (Phi) is 5.16. The summed E-state index contributed by atoms with van der Waals surface area (Å²) in [4.78, 5) is 27.0. The van der Waals surface area contributed by atoms with Gasteiger partial charge in [-0.1, -0.05) is 13.8 Å². The summed E-state index contributed by atoms with van der Waals surface area (Å²) < 4.78 is 2.32. The van der Waals surface area contributed by atoms with Crippen molar-refractivity contribution >= 4 is 17.4 Å². The van der Waals surface area contributed by atoms with Crippen LogP contribution in [0.3, 0.4) is 0 Å². The normalized spacial score (nSPS) is 24.4. The first-order valence-electron chi connectivity index (χ1n) is 12.0. The Morgan fingerprint density at radius 3 is 2.75 bits per heavy atom. The lowest BCUT2D eigenvalue weighted by molar-refractivity contribution is -0.910. The smallest absolute Gasteiger partial charge is 0.250 e.